The highest BCUT2D eigenvalue weighted by molar-refractivity contribution is 7.14. The highest BCUT2D eigenvalue weighted by Gasteiger charge is 2.12. The van der Waals surface area contributed by atoms with Crippen molar-refractivity contribution in [1.82, 2.24) is 9.97 Å². The zero-order valence-corrected chi connectivity index (χ0v) is 12.4. The van der Waals surface area contributed by atoms with Crippen LogP contribution in [-0.4, -0.2) is 21.0 Å². The monoisotopic (exact) mass is 318 g/mol. The number of hydrogen-bond acceptors (Lipinski definition) is 6. The first kappa shape index (κ1) is 13.7. The first-order valence-electron chi connectivity index (χ1n) is 6.01. The quantitative estimate of drug-likeness (QED) is 0.779. The lowest BCUT2D eigenvalue weighted by Gasteiger charge is -2.06. The van der Waals surface area contributed by atoms with Crippen LogP contribution in [0.25, 0.3) is 10.6 Å². The number of hydrogen-bond donors (Lipinski definition) is 1. The van der Waals surface area contributed by atoms with E-state index >= 15 is 0 Å². The summed E-state index contributed by atoms with van der Waals surface area (Å²) >= 11 is 3.16. The third kappa shape index (κ3) is 3.09. The number of carboxylic acid groups (broad SMARTS) is 1. The van der Waals surface area contributed by atoms with Gasteiger partial charge in [-0.15, -0.1) is 11.3 Å². The predicted octanol–water partition coefficient (Wildman–Crippen LogP) is 3.54. The zero-order chi connectivity index (χ0) is 14.7. The van der Waals surface area contributed by atoms with E-state index in [4.69, 9.17) is 9.84 Å². The van der Waals surface area contributed by atoms with Crippen molar-refractivity contribution in [2.75, 3.05) is 0 Å². The van der Waals surface area contributed by atoms with Crippen LogP contribution in [0.5, 0.6) is 5.75 Å². The number of rotatable bonds is 5. The van der Waals surface area contributed by atoms with Crippen LogP contribution >= 0.6 is 22.7 Å². The standard InChI is InChI=1S/C14H10N2O3S2/c17-14(18)11-1-3-15-5-12(11)19-6-10-8-21-13(16-10)9-2-4-20-7-9/h1-5,7-8H,6H2,(H,17,18). The van der Waals surface area contributed by atoms with E-state index in [1.807, 2.05) is 22.2 Å². The summed E-state index contributed by atoms with van der Waals surface area (Å²) < 4.78 is 5.52. The Bertz CT molecular complexity index is 753. The van der Waals surface area contributed by atoms with Gasteiger partial charge < -0.3 is 9.84 Å². The molecule has 0 radical (unpaired) electrons. The van der Waals surface area contributed by atoms with Crippen LogP contribution in [-0.2, 0) is 6.61 Å². The molecule has 0 spiro atoms. The molecule has 0 saturated heterocycles. The average Bonchev–Trinajstić information content (AvgIpc) is 3.16. The molecule has 0 saturated carbocycles. The van der Waals surface area contributed by atoms with Crippen LogP contribution in [0.1, 0.15) is 16.1 Å². The number of nitrogens with zero attached hydrogens (tertiary/aromatic N) is 2. The molecule has 0 unspecified atom stereocenters. The topological polar surface area (TPSA) is 72.3 Å². The maximum atomic E-state index is 11.1. The van der Waals surface area contributed by atoms with E-state index in [0.717, 1.165) is 16.3 Å². The van der Waals surface area contributed by atoms with Crippen LogP contribution in [0.3, 0.4) is 0 Å². The Morgan fingerprint density at radius 1 is 1.33 bits per heavy atom. The Balaban J connectivity index is 1.73. The second kappa shape index (κ2) is 6.02. The molecule has 3 aromatic rings. The van der Waals surface area contributed by atoms with Gasteiger partial charge in [-0.1, -0.05) is 0 Å². The van der Waals surface area contributed by atoms with E-state index in [1.54, 1.807) is 11.3 Å². The maximum absolute atomic E-state index is 11.1. The SMILES string of the molecule is O=C(O)c1ccncc1OCc1csc(-c2ccsc2)n1. The van der Waals surface area contributed by atoms with Gasteiger partial charge in [0, 0.05) is 22.5 Å². The Morgan fingerprint density at radius 3 is 3.00 bits per heavy atom. The highest BCUT2D eigenvalue weighted by atomic mass is 32.1. The molecule has 106 valence electrons. The molecule has 0 aromatic carbocycles. The Morgan fingerprint density at radius 2 is 2.24 bits per heavy atom. The van der Waals surface area contributed by atoms with Gasteiger partial charge in [-0.3, -0.25) is 4.98 Å². The third-order valence-corrected chi connectivity index (χ3v) is 4.33. The summed E-state index contributed by atoms with van der Waals surface area (Å²) in [5.74, 6) is -0.792. The van der Waals surface area contributed by atoms with E-state index in [0.29, 0.717) is 0 Å². The minimum Gasteiger partial charge on any atom is -0.485 e. The zero-order valence-electron chi connectivity index (χ0n) is 10.7. The molecule has 7 heteroatoms. The van der Waals surface area contributed by atoms with Crippen LogP contribution in [0.4, 0.5) is 0 Å². The van der Waals surface area contributed by atoms with Gasteiger partial charge in [0.2, 0.25) is 0 Å². The molecule has 0 aliphatic rings. The van der Waals surface area contributed by atoms with Gasteiger partial charge in [-0.25, -0.2) is 9.78 Å². The van der Waals surface area contributed by atoms with E-state index in [-0.39, 0.29) is 17.9 Å². The van der Waals surface area contributed by atoms with Crippen molar-refractivity contribution >= 4 is 28.6 Å². The predicted molar refractivity (Wildman–Crippen MR) is 81.0 cm³/mol. The molecule has 0 atom stereocenters. The van der Waals surface area contributed by atoms with Crippen molar-refractivity contribution in [2.24, 2.45) is 0 Å². The normalized spacial score (nSPS) is 10.5. The van der Waals surface area contributed by atoms with E-state index < -0.39 is 5.97 Å². The second-order valence-electron chi connectivity index (χ2n) is 4.12. The number of ether oxygens (including phenoxy) is 1. The van der Waals surface area contributed by atoms with Gasteiger partial charge in [0.15, 0.2) is 5.75 Å². The summed E-state index contributed by atoms with van der Waals surface area (Å²) in [5, 5.41) is 15.9. The average molecular weight is 318 g/mol. The van der Waals surface area contributed by atoms with E-state index in [1.165, 1.54) is 29.8 Å². The van der Waals surface area contributed by atoms with Crippen LogP contribution in [0.2, 0.25) is 0 Å². The molecular weight excluding hydrogens is 308 g/mol. The molecule has 3 heterocycles. The molecular formula is C14H10N2O3S2. The van der Waals surface area contributed by atoms with Crippen LogP contribution < -0.4 is 4.74 Å². The van der Waals surface area contributed by atoms with Gasteiger partial charge in [0.25, 0.3) is 0 Å². The fourth-order valence-corrected chi connectivity index (χ4v) is 3.23. The van der Waals surface area contributed by atoms with Crippen molar-refractivity contribution in [3.8, 4) is 16.3 Å². The molecule has 3 aromatic heterocycles. The number of thiazole rings is 1. The molecule has 0 aliphatic heterocycles. The number of thiophene rings is 1. The van der Waals surface area contributed by atoms with Gasteiger partial charge in [-0.05, 0) is 17.5 Å². The van der Waals surface area contributed by atoms with Gasteiger partial charge in [0.1, 0.15) is 17.2 Å². The number of carbonyl (C=O) groups is 1. The largest absolute Gasteiger partial charge is 0.485 e. The molecule has 0 amide bonds. The smallest absolute Gasteiger partial charge is 0.339 e. The Hall–Kier alpha value is -2.25. The number of carboxylic acids is 1. The summed E-state index contributed by atoms with van der Waals surface area (Å²) in [4.78, 5) is 19.4. The minimum atomic E-state index is -1.04. The second-order valence-corrected chi connectivity index (χ2v) is 5.76. The van der Waals surface area contributed by atoms with Crippen molar-refractivity contribution in [3.63, 3.8) is 0 Å². The molecule has 0 bridgehead atoms. The lowest BCUT2D eigenvalue weighted by Crippen LogP contribution is -2.04. The van der Waals surface area contributed by atoms with Crippen molar-refractivity contribution in [3.05, 3.63) is 51.9 Å². The van der Waals surface area contributed by atoms with Gasteiger partial charge >= 0.3 is 5.97 Å². The summed E-state index contributed by atoms with van der Waals surface area (Å²) in [6, 6.07) is 3.42. The van der Waals surface area contributed by atoms with E-state index in [2.05, 4.69) is 9.97 Å². The van der Waals surface area contributed by atoms with Crippen LogP contribution in [0.15, 0.2) is 40.7 Å². The molecule has 0 fully saturated rings. The lowest BCUT2D eigenvalue weighted by atomic mass is 10.2. The molecule has 1 N–H and O–H groups in total. The summed E-state index contributed by atoms with van der Waals surface area (Å²) in [6.45, 7) is 0.215. The summed E-state index contributed by atoms with van der Waals surface area (Å²) in [7, 11) is 0. The summed E-state index contributed by atoms with van der Waals surface area (Å²) in [5.41, 5.74) is 1.95. The first-order valence-corrected chi connectivity index (χ1v) is 7.83. The molecule has 21 heavy (non-hydrogen) atoms. The molecule has 5 nitrogen and oxygen atoms in total. The van der Waals surface area contributed by atoms with Crippen LogP contribution in [0, 0.1) is 0 Å². The number of aromatic nitrogens is 2. The van der Waals surface area contributed by atoms with Crippen molar-refractivity contribution < 1.29 is 14.6 Å². The van der Waals surface area contributed by atoms with Crippen molar-refractivity contribution in [1.29, 1.82) is 0 Å². The van der Waals surface area contributed by atoms with E-state index in [9.17, 15) is 4.79 Å². The number of aromatic carboxylic acids is 1. The summed E-state index contributed by atoms with van der Waals surface area (Å²) in [6.07, 6.45) is 2.82. The molecule has 0 aliphatic carbocycles. The Kier molecular flexibility index (Phi) is 3.94. The molecule has 3 rings (SSSR count). The minimum absolute atomic E-state index is 0.0956. The number of pyridine rings is 1. The van der Waals surface area contributed by atoms with Crippen molar-refractivity contribution in [2.45, 2.75) is 6.61 Å². The third-order valence-electron chi connectivity index (χ3n) is 2.71. The fourth-order valence-electron chi connectivity index (χ4n) is 1.72. The fraction of sp³-hybridized carbons (Fsp3) is 0.0714. The highest BCUT2D eigenvalue weighted by Crippen LogP contribution is 2.26. The van der Waals surface area contributed by atoms with Gasteiger partial charge in [-0.2, -0.15) is 11.3 Å². The first-order chi connectivity index (χ1) is 10.2. The lowest BCUT2D eigenvalue weighted by molar-refractivity contribution is 0.0691. The maximum Gasteiger partial charge on any atom is 0.339 e. The van der Waals surface area contributed by atoms with Gasteiger partial charge in [0.05, 0.1) is 11.9 Å². The Labute approximate surface area is 128 Å².